The zero-order chi connectivity index (χ0) is 19.5. The molecule has 0 aliphatic carbocycles. The minimum Gasteiger partial charge on any atom is -0.346 e. The summed E-state index contributed by atoms with van der Waals surface area (Å²) in [6.07, 6.45) is 3.75. The predicted octanol–water partition coefficient (Wildman–Crippen LogP) is 1.94. The van der Waals surface area contributed by atoms with E-state index in [4.69, 9.17) is 0 Å². The van der Waals surface area contributed by atoms with Crippen molar-refractivity contribution in [3.05, 3.63) is 59.2 Å². The van der Waals surface area contributed by atoms with Gasteiger partial charge >= 0.3 is 0 Å². The lowest BCUT2D eigenvalue weighted by Gasteiger charge is -2.22. The summed E-state index contributed by atoms with van der Waals surface area (Å²) in [7, 11) is 0. The van der Waals surface area contributed by atoms with E-state index >= 15 is 0 Å². The van der Waals surface area contributed by atoms with Crippen LogP contribution < -0.4 is 10.6 Å². The van der Waals surface area contributed by atoms with E-state index in [1.54, 1.807) is 6.20 Å². The highest BCUT2D eigenvalue weighted by atomic mass is 16.2. The SMILES string of the molecule is Cc1cc(C)n(-c2ccccc2CNC(=O)c2cn(C3CCNCC3)nn2)n1. The van der Waals surface area contributed by atoms with Crippen LogP contribution in [0.15, 0.2) is 36.5 Å². The number of piperidine rings is 1. The molecule has 3 heterocycles. The number of rotatable bonds is 5. The maximum absolute atomic E-state index is 12.6. The van der Waals surface area contributed by atoms with Gasteiger partial charge in [0.2, 0.25) is 0 Å². The minimum atomic E-state index is -0.219. The number of nitrogens with zero attached hydrogens (tertiary/aromatic N) is 5. The van der Waals surface area contributed by atoms with Gasteiger partial charge in [0, 0.05) is 12.2 Å². The summed E-state index contributed by atoms with van der Waals surface area (Å²) in [5, 5.41) is 19.1. The van der Waals surface area contributed by atoms with Crippen molar-refractivity contribution in [2.45, 2.75) is 39.3 Å². The van der Waals surface area contributed by atoms with Crippen molar-refractivity contribution < 1.29 is 4.79 Å². The maximum Gasteiger partial charge on any atom is 0.273 e. The molecule has 1 aromatic carbocycles. The highest BCUT2D eigenvalue weighted by Crippen LogP contribution is 2.18. The Bertz CT molecular complexity index is 969. The quantitative estimate of drug-likeness (QED) is 0.707. The second kappa shape index (κ2) is 7.93. The van der Waals surface area contributed by atoms with Crippen LogP contribution in [0.25, 0.3) is 5.69 Å². The van der Waals surface area contributed by atoms with Gasteiger partial charge in [-0.25, -0.2) is 9.36 Å². The number of hydrogen-bond acceptors (Lipinski definition) is 5. The summed E-state index contributed by atoms with van der Waals surface area (Å²) in [6, 6.07) is 10.3. The molecule has 0 atom stereocenters. The van der Waals surface area contributed by atoms with E-state index in [1.165, 1.54) is 0 Å². The van der Waals surface area contributed by atoms with Crippen molar-refractivity contribution in [1.29, 1.82) is 0 Å². The van der Waals surface area contributed by atoms with Crippen molar-refractivity contribution >= 4 is 5.91 Å². The Labute approximate surface area is 163 Å². The number of benzene rings is 1. The summed E-state index contributed by atoms with van der Waals surface area (Å²) < 4.78 is 3.73. The number of amides is 1. The van der Waals surface area contributed by atoms with Gasteiger partial charge in [0.1, 0.15) is 0 Å². The second-order valence-electron chi connectivity index (χ2n) is 7.22. The summed E-state index contributed by atoms with van der Waals surface area (Å²) in [4.78, 5) is 12.6. The molecule has 28 heavy (non-hydrogen) atoms. The topological polar surface area (TPSA) is 89.7 Å². The van der Waals surface area contributed by atoms with E-state index in [0.717, 1.165) is 48.6 Å². The normalized spacial score (nSPS) is 14.9. The summed E-state index contributed by atoms with van der Waals surface area (Å²) in [5.41, 5.74) is 4.33. The Balaban J connectivity index is 1.46. The smallest absolute Gasteiger partial charge is 0.273 e. The second-order valence-corrected chi connectivity index (χ2v) is 7.22. The van der Waals surface area contributed by atoms with Crippen LogP contribution in [0.2, 0.25) is 0 Å². The molecule has 0 unspecified atom stereocenters. The van der Waals surface area contributed by atoms with Crippen molar-refractivity contribution in [1.82, 2.24) is 35.4 Å². The fourth-order valence-corrected chi connectivity index (χ4v) is 3.64. The molecule has 8 nitrogen and oxygen atoms in total. The van der Waals surface area contributed by atoms with Gasteiger partial charge in [-0.2, -0.15) is 5.10 Å². The van der Waals surface area contributed by atoms with Gasteiger partial charge in [-0.3, -0.25) is 4.79 Å². The standard InChI is InChI=1S/C20H25N7O/c1-14-11-15(2)27(24-14)19-6-4-3-5-16(19)12-22-20(28)18-13-26(25-23-18)17-7-9-21-10-8-17/h3-6,11,13,17,21H,7-10,12H2,1-2H3,(H,22,28). The van der Waals surface area contributed by atoms with Crippen molar-refractivity contribution in [3.8, 4) is 5.69 Å². The molecule has 1 fully saturated rings. The largest absolute Gasteiger partial charge is 0.346 e. The molecule has 1 aliphatic rings. The van der Waals surface area contributed by atoms with E-state index in [2.05, 4.69) is 26.0 Å². The molecule has 8 heteroatoms. The van der Waals surface area contributed by atoms with Crippen LogP contribution >= 0.6 is 0 Å². The fourth-order valence-electron chi connectivity index (χ4n) is 3.64. The molecule has 0 spiro atoms. The van der Waals surface area contributed by atoms with Gasteiger partial charge in [0.25, 0.3) is 5.91 Å². The maximum atomic E-state index is 12.6. The Kier molecular flexibility index (Phi) is 5.21. The number of aryl methyl sites for hydroxylation is 2. The van der Waals surface area contributed by atoms with E-state index < -0.39 is 0 Å². The molecule has 1 saturated heterocycles. The molecule has 0 saturated carbocycles. The third kappa shape index (κ3) is 3.82. The summed E-state index contributed by atoms with van der Waals surface area (Å²) >= 11 is 0. The van der Waals surface area contributed by atoms with Crippen LogP contribution in [0.1, 0.15) is 46.3 Å². The number of aromatic nitrogens is 5. The van der Waals surface area contributed by atoms with Gasteiger partial charge in [-0.1, -0.05) is 23.4 Å². The van der Waals surface area contributed by atoms with E-state index in [-0.39, 0.29) is 5.91 Å². The Morgan fingerprint density at radius 2 is 2.04 bits per heavy atom. The zero-order valence-electron chi connectivity index (χ0n) is 16.2. The average Bonchev–Trinajstić information content (AvgIpc) is 3.33. The molecule has 2 N–H and O–H groups in total. The zero-order valence-corrected chi connectivity index (χ0v) is 16.2. The predicted molar refractivity (Wildman–Crippen MR) is 105 cm³/mol. The molecule has 4 rings (SSSR count). The number of hydrogen-bond donors (Lipinski definition) is 2. The third-order valence-electron chi connectivity index (χ3n) is 5.09. The van der Waals surface area contributed by atoms with E-state index in [9.17, 15) is 4.79 Å². The highest BCUT2D eigenvalue weighted by molar-refractivity contribution is 5.91. The molecular formula is C20H25N7O. The van der Waals surface area contributed by atoms with Crippen molar-refractivity contribution in [3.63, 3.8) is 0 Å². The average molecular weight is 379 g/mol. The van der Waals surface area contributed by atoms with Crippen LogP contribution in [0.3, 0.4) is 0 Å². The van der Waals surface area contributed by atoms with Crippen LogP contribution in [-0.2, 0) is 6.54 Å². The lowest BCUT2D eigenvalue weighted by molar-refractivity contribution is 0.0946. The summed E-state index contributed by atoms with van der Waals surface area (Å²) in [5.74, 6) is -0.219. The molecule has 146 valence electrons. The Morgan fingerprint density at radius 1 is 1.25 bits per heavy atom. The Hall–Kier alpha value is -3.00. The van der Waals surface area contributed by atoms with Gasteiger partial charge in [0.05, 0.1) is 23.6 Å². The first-order valence-corrected chi connectivity index (χ1v) is 9.64. The number of para-hydroxylation sites is 1. The van der Waals surface area contributed by atoms with Crippen molar-refractivity contribution in [2.24, 2.45) is 0 Å². The first-order valence-electron chi connectivity index (χ1n) is 9.64. The van der Waals surface area contributed by atoms with Gasteiger partial charge in [0.15, 0.2) is 5.69 Å². The number of nitrogens with one attached hydrogen (secondary N) is 2. The van der Waals surface area contributed by atoms with Crippen LogP contribution in [-0.4, -0.2) is 43.8 Å². The first kappa shape index (κ1) is 18.4. The molecule has 1 aliphatic heterocycles. The Morgan fingerprint density at radius 3 is 2.79 bits per heavy atom. The molecule has 3 aromatic rings. The first-order chi connectivity index (χ1) is 13.6. The van der Waals surface area contributed by atoms with Gasteiger partial charge < -0.3 is 10.6 Å². The number of carbonyl (C=O) groups is 1. The van der Waals surface area contributed by atoms with Crippen LogP contribution in [0.5, 0.6) is 0 Å². The lowest BCUT2D eigenvalue weighted by Crippen LogP contribution is -2.29. The fraction of sp³-hybridized carbons (Fsp3) is 0.400. The molecular weight excluding hydrogens is 354 g/mol. The highest BCUT2D eigenvalue weighted by Gasteiger charge is 2.19. The molecule has 0 bridgehead atoms. The molecule has 1 amide bonds. The summed E-state index contributed by atoms with van der Waals surface area (Å²) in [6.45, 7) is 6.33. The lowest BCUT2D eigenvalue weighted by atomic mass is 10.1. The molecule has 0 radical (unpaired) electrons. The minimum absolute atomic E-state index is 0.219. The van der Waals surface area contributed by atoms with Crippen LogP contribution in [0, 0.1) is 13.8 Å². The van der Waals surface area contributed by atoms with E-state index in [0.29, 0.717) is 18.3 Å². The van der Waals surface area contributed by atoms with Gasteiger partial charge in [-0.15, -0.1) is 5.10 Å². The van der Waals surface area contributed by atoms with Crippen LogP contribution in [0.4, 0.5) is 0 Å². The van der Waals surface area contributed by atoms with Gasteiger partial charge in [-0.05, 0) is 57.5 Å². The monoisotopic (exact) mass is 379 g/mol. The van der Waals surface area contributed by atoms with E-state index in [1.807, 2.05) is 53.5 Å². The van der Waals surface area contributed by atoms with Crippen molar-refractivity contribution in [2.75, 3.05) is 13.1 Å². The number of carbonyl (C=O) groups excluding carboxylic acids is 1. The molecule has 2 aromatic heterocycles. The third-order valence-corrected chi connectivity index (χ3v) is 5.09.